The maximum Gasteiger partial charge on any atom is 0.137 e. The quantitative estimate of drug-likeness (QED) is 0.391. The summed E-state index contributed by atoms with van der Waals surface area (Å²) in [5.41, 5.74) is 4.57. The van der Waals surface area contributed by atoms with Crippen LogP contribution in [0.15, 0.2) is 40.9 Å². The van der Waals surface area contributed by atoms with Crippen LogP contribution in [0.25, 0.3) is 0 Å². The van der Waals surface area contributed by atoms with Gasteiger partial charge >= 0.3 is 0 Å². The molecule has 0 radical (unpaired) electrons. The van der Waals surface area contributed by atoms with E-state index in [0.29, 0.717) is 15.9 Å². The first kappa shape index (κ1) is 16.2. The zero-order chi connectivity index (χ0) is 14.7. The molecule has 0 saturated heterocycles. The largest absolute Gasteiger partial charge is 0.271 e. The minimum absolute atomic E-state index is 0.136. The molecule has 1 atom stereocenters. The van der Waals surface area contributed by atoms with Gasteiger partial charge in [-0.25, -0.2) is 4.39 Å². The van der Waals surface area contributed by atoms with Crippen LogP contribution < -0.4 is 11.3 Å². The number of nitrogens with one attached hydrogen (secondary N) is 1. The van der Waals surface area contributed by atoms with E-state index in [1.165, 1.54) is 6.07 Å². The highest BCUT2D eigenvalue weighted by molar-refractivity contribution is 14.1. The van der Waals surface area contributed by atoms with Gasteiger partial charge in [0.25, 0.3) is 0 Å². The molecule has 2 rings (SSSR count). The molecule has 106 valence electrons. The lowest BCUT2D eigenvalue weighted by Gasteiger charge is -2.18. The smallest absolute Gasteiger partial charge is 0.137 e. The van der Waals surface area contributed by atoms with E-state index in [4.69, 9.17) is 17.4 Å². The van der Waals surface area contributed by atoms with Gasteiger partial charge in [0.05, 0.1) is 15.5 Å². The summed E-state index contributed by atoms with van der Waals surface area (Å²) in [6, 6.07) is 10.6. The molecule has 0 aliphatic carbocycles. The van der Waals surface area contributed by atoms with Crippen molar-refractivity contribution < 1.29 is 4.39 Å². The summed E-state index contributed by atoms with van der Waals surface area (Å²) in [7, 11) is 0. The van der Waals surface area contributed by atoms with Gasteiger partial charge in [-0.2, -0.15) is 0 Å². The Labute approximate surface area is 144 Å². The first-order chi connectivity index (χ1) is 9.52. The van der Waals surface area contributed by atoms with Crippen LogP contribution in [0.3, 0.4) is 0 Å². The van der Waals surface area contributed by atoms with Crippen molar-refractivity contribution in [1.29, 1.82) is 0 Å². The maximum atomic E-state index is 13.5. The number of halogens is 4. The first-order valence-electron chi connectivity index (χ1n) is 5.87. The van der Waals surface area contributed by atoms with Gasteiger partial charge in [0.15, 0.2) is 0 Å². The highest BCUT2D eigenvalue weighted by Crippen LogP contribution is 2.28. The van der Waals surface area contributed by atoms with Gasteiger partial charge in [0, 0.05) is 3.57 Å². The SMILES string of the molecule is NNC(Cc1cccc(F)c1Br)c1ccc(I)c(Cl)c1. The summed E-state index contributed by atoms with van der Waals surface area (Å²) in [6.45, 7) is 0. The van der Waals surface area contributed by atoms with Gasteiger partial charge < -0.3 is 0 Å². The van der Waals surface area contributed by atoms with Crippen LogP contribution >= 0.6 is 50.1 Å². The Morgan fingerprint density at radius 3 is 2.75 bits per heavy atom. The number of benzene rings is 2. The van der Waals surface area contributed by atoms with E-state index in [9.17, 15) is 4.39 Å². The lowest BCUT2D eigenvalue weighted by Crippen LogP contribution is -2.29. The van der Waals surface area contributed by atoms with Gasteiger partial charge in [0.2, 0.25) is 0 Å². The van der Waals surface area contributed by atoms with Crippen molar-refractivity contribution in [2.45, 2.75) is 12.5 Å². The van der Waals surface area contributed by atoms with Gasteiger partial charge in [-0.05, 0) is 74.3 Å². The monoisotopic (exact) mass is 468 g/mol. The van der Waals surface area contributed by atoms with Crippen molar-refractivity contribution in [3.8, 4) is 0 Å². The maximum absolute atomic E-state index is 13.5. The van der Waals surface area contributed by atoms with Crippen molar-refractivity contribution in [3.63, 3.8) is 0 Å². The number of hydrazine groups is 1. The summed E-state index contributed by atoms with van der Waals surface area (Å²) in [6.07, 6.45) is 0.561. The fourth-order valence-electron chi connectivity index (χ4n) is 1.93. The first-order valence-corrected chi connectivity index (χ1v) is 8.12. The molecule has 2 nitrogen and oxygen atoms in total. The number of rotatable bonds is 4. The summed E-state index contributed by atoms with van der Waals surface area (Å²) < 4.78 is 15.0. The Bertz CT molecular complexity index is 624. The highest BCUT2D eigenvalue weighted by Gasteiger charge is 2.15. The van der Waals surface area contributed by atoms with E-state index < -0.39 is 0 Å². The fourth-order valence-corrected chi connectivity index (χ4v) is 2.88. The summed E-state index contributed by atoms with van der Waals surface area (Å²) in [5, 5.41) is 0.682. The topological polar surface area (TPSA) is 38.0 Å². The zero-order valence-corrected chi connectivity index (χ0v) is 14.8. The Kier molecular flexibility index (Phi) is 5.80. The molecule has 0 aliphatic heterocycles. The molecule has 0 fully saturated rings. The second-order valence-corrected chi connectivity index (χ2v) is 6.67. The second-order valence-electron chi connectivity index (χ2n) is 4.31. The minimum Gasteiger partial charge on any atom is -0.271 e. The molecule has 2 aromatic rings. The number of nitrogens with two attached hydrogens (primary N) is 1. The molecular weight excluding hydrogens is 457 g/mol. The van der Waals surface area contributed by atoms with Crippen LogP contribution in [0.4, 0.5) is 4.39 Å². The van der Waals surface area contributed by atoms with Crippen molar-refractivity contribution >= 4 is 50.1 Å². The van der Waals surface area contributed by atoms with Crippen molar-refractivity contribution in [2.75, 3.05) is 0 Å². The zero-order valence-electron chi connectivity index (χ0n) is 10.3. The van der Waals surface area contributed by atoms with Crippen LogP contribution in [0.1, 0.15) is 17.2 Å². The van der Waals surface area contributed by atoms with Crippen molar-refractivity contribution in [3.05, 3.63) is 66.4 Å². The highest BCUT2D eigenvalue weighted by atomic mass is 127. The lowest BCUT2D eigenvalue weighted by molar-refractivity contribution is 0.546. The molecule has 0 heterocycles. The van der Waals surface area contributed by atoms with Gasteiger partial charge in [-0.15, -0.1) is 0 Å². The average Bonchev–Trinajstić information content (AvgIpc) is 2.44. The Morgan fingerprint density at radius 2 is 2.10 bits per heavy atom. The fraction of sp³-hybridized carbons (Fsp3) is 0.143. The predicted octanol–water partition coefficient (Wildman–Crippen LogP) is 4.59. The molecule has 2 aromatic carbocycles. The molecule has 0 saturated carbocycles. The molecule has 0 aliphatic rings. The predicted molar refractivity (Wildman–Crippen MR) is 92.0 cm³/mol. The lowest BCUT2D eigenvalue weighted by atomic mass is 9.99. The van der Waals surface area contributed by atoms with Crippen LogP contribution in [0, 0.1) is 9.39 Å². The standard InChI is InChI=1S/C14H12BrClFIN2/c15-14-9(2-1-3-11(14)17)7-13(20-19)8-4-5-12(18)10(16)6-8/h1-6,13,20H,7,19H2. The molecule has 20 heavy (non-hydrogen) atoms. The third-order valence-electron chi connectivity index (χ3n) is 3.00. The van der Waals surface area contributed by atoms with E-state index in [1.54, 1.807) is 6.07 Å². The summed E-state index contributed by atoms with van der Waals surface area (Å²) in [4.78, 5) is 0. The van der Waals surface area contributed by atoms with Gasteiger partial charge in [-0.1, -0.05) is 29.8 Å². The van der Waals surface area contributed by atoms with E-state index >= 15 is 0 Å². The van der Waals surface area contributed by atoms with Gasteiger partial charge in [-0.3, -0.25) is 11.3 Å². The van der Waals surface area contributed by atoms with Crippen molar-refractivity contribution in [2.24, 2.45) is 5.84 Å². The normalized spacial score (nSPS) is 12.4. The molecule has 0 aromatic heterocycles. The van der Waals surface area contributed by atoms with Crippen molar-refractivity contribution in [1.82, 2.24) is 5.43 Å². The average molecular weight is 470 g/mol. The second kappa shape index (κ2) is 7.17. The Hall–Kier alpha value is -0.210. The van der Waals surface area contributed by atoms with Gasteiger partial charge in [0.1, 0.15) is 5.82 Å². The third-order valence-corrected chi connectivity index (χ3v) is 5.46. The molecular formula is C14H12BrClFIN2. The molecule has 0 spiro atoms. The number of hydrogen-bond acceptors (Lipinski definition) is 2. The summed E-state index contributed by atoms with van der Waals surface area (Å²) in [5.74, 6) is 5.35. The van der Waals surface area contributed by atoms with Crippen LogP contribution in [0.2, 0.25) is 5.02 Å². The van der Waals surface area contributed by atoms with E-state index in [-0.39, 0.29) is 11.9 Å². The molecule has 0 amide bonds. The summed E-state index contributed by atoms with van der Waals surface area (Å²) >= 11 is 11.6. The molecule has 1 unspecified atom stereocenters. The molecule has 3 N–H and O–H groups in total. The van der Waals surface area contributed by atoms with E-state index in [2.05, 4.69) is 43.9 Å². The Morgan fingerprint density at radius 1 is 1.35 bits per heavy atom. The minimum atomic E-state index is -0.279. The molecule has 6 heteroatoms. The van der Waals surface area contributed by atoms with Crippen LogP contribution in [-0.2, 0) is 6.42 Å². The Balaban J connectivity index is 2.28. The van der Waals surface area contributed by atoms with Crippen LogP contribution in [-0.4, -0.2) is 0 Å². The van der Waals surface area contributed by atoms with E-state index in [0.717, 1.165) is 14.7 Å². The number of hydrogen-bond donors (Lipinski definition) is 2. The molecule has 0 bridgehead atoms. The third kappa shape index (κ3) is 3.71. The van der Waals surface area contributed by atoms with E-state index in [1.807, 2.05) is 24.3 Å². The van der Waals surface area contributed by atoms with Crippen LogP contribution in [0.5, 0.6) is 0 Å².